The highest BCUT2D eigenvalue weighted by molar-refractivity contribution is 8.93. The third-order valence-electron chi connectivity index (χ3n) is 1.19. The number of rotatable bonds is 0. The Balaban J connectivity index is 0. The number of H-pyrrole nitrogens is 1. The number of fused-ring (bicyclic) bond motifs is 1. The van der Waals surface area contributed by atoms with Gasteiger partial charge in [0.2, 0.25) is 0 Å². The number of nitrogens with one attached hydrogen (secondary N) is 1. The molecule has 0 saturated heterocycles. The van der Waals surface area contributed by atoms with E-state index in [2.05, 4.69) is 15.0 Å². The zero-order valence-corrected chi connectivity index (χ0v) is 7.83. The second-order valence-corrected chi connectivity index (χ2v) is 1.78. The van der Waals surface area contributed by atoms with Crippen LogP contribution in [0.5, 0.6) is 0 Å². The minimum absolute atomic E-state index is 0. The molecule has 2 aromatic rings. The van der Waals surface area contributed by atoms with E-state index in [1.807, 2.05) is 12.1 Å². The van der Waals surface area contributed by atoms with Gasteiger partial charge in [-0.15, -0.1) is 17.0 Å². The van der Waals surface area contributed by atoms with Crippen LogP contribution >= 0.6 is 17.0 Å². The zero-order valence-electron chi connectivity index (χ0n) is 6.11. The number of aromatic amines is 1. The monoisotopic (exact) mass is 235 g/mol. The highest BCUT2D eigenvalue weighted by Gasteiger charge is 1.90. The van der Waals surface area contributed by atoms with E-state index >= 15 is 0 Å². The molecule has 0 fully saturated rings. The smallest absolute Gasteiger partial charge is 0.177 e. The van der Waals surface area contributed by atoms with E-state index in [9.17, 15) is 0 Å². The van der Waals surface area contributed by atoms with E-state index in [0.717, 1.165) is 11.2 Å². The Morgan fingerprint density at radius 2 is 1.92 bits per heavy atom. The van der Waals surface area contributed by atoms with Gasteiger partial charge in [-0.05, 0) is 12.1 Å². The molecule has 0 aliphatic rings. The molecular weight excluding hydrogens is 226 g/mol. The summed E-state index contributed by atoms with van der Waals surface area (Å²) in [6, 6.07) is 3.82. The Bertz CT molecular complexity index is 295. The van der Waals surface area contributed by atoms with E-state index < -0.39 is 0 Å². The third kappa shape index (κ3) is 2.26. The Morgan fingerprint density at radius 3 is 2.58 bits per heavy atom. The van der Waals surface area contributed by atoms with Crippen LogP contribution in [0.2, 0.25) is 0 Å². The summed E-state index contributed by atoms with van der Waals surface area (Å²) in [6.07, 6.45) is 3.36. The van der Waals surface area contributed by atoms with Gasteiger partial charge in [0.15, 0.2) is 5.65 Å². The standard InChI is InChI=1S/C6H5N3.BrH.2H2O/c1-2-5-6(7-3-1)9-4-8-5;;;/h1-4H,(H,7,8,9);1H;2*1H2. The lowest BCUT2D eigenvalue weighted by Crippen LogP contribution is -1.71. The van der Waals surface area contributed by atoms with Crippen LogP contribution < -0.4 is 0 Å². The van der Waals surface area contributed by atoms with E-state index in [4.69, 9.17) is 0 Å². The van der Waals surface area contributed by atoms with Gasteiger partial charge in [0.05, 0.1) is 11.8 Å². The van der Waals surface area contributed by atoms with Crippen molar-refractivity contribution < 1.29 is 11.0 Å². The van der Waals surface area contributed by atoms with Crippen LogP contribution in [0.15, 0.2) is 24.7 Å². The fourth-order valence-electron chi connectivity index (χ4n) is 0.775. The molecule has 2 heterocycles. The van der Waals surface area contributed by atoms with E-state index in [0.29, 0.717) is 0 Å². The molecule has 2 aromatic heterocycles. The quantitative estimate of drug-likeness (QED) is 0.688. The summed E-state index contributed by atoms with van der Waals surface area (Å²) >= 11 is 0. The molecule has 0 atom stereocenters. The lowest BCUT2D eigenvalue weighted by Gasteiger charge is -1.80. The number of pyridine rings is 1. The van der Waals surface area contributed by atoms with Crippen LogP contribution in [0.25, 0.3) is 11.2 Å². The number of hydrogen-bond acceptors (Lipinski definition) is 2. The highest BCUT2D eigenvalue weighted by atomic mass is 79.9. The number of hydrogen-bond donors (Lipinski definition) is 1. The molecule has 0 aliphatic carbocycles. The summed E-state index contributed by atoms with van der Waals surface area (Å²) in [5, 5.41) is 0. The summed E-state index contributed by atoms with van der Waals surface area (Å²) in [7, 11) is 0. The molecule has 0 amide bonds. The molecule has 2 rings (SSSR count). The fraction of sp³-hybridized carbons (Fsp3) is 0. The summed E-state index contributed by atoms with van der Waals surface area (Å²) < 4.78 is 0. The summed E-state index contributed by atoms with van der Waals surface area (Å²) in [6.45, 7) is 0. The summed E-state index contributed by atoms with van der Waals surface area (Å²) in [5.74, 6) is 0. The maximum atomic E-state index is 4.00. The van der Waals surface area contributed by atoms with Crippen molar-refractivity contribution in [3.05, 3.63) is 24.7 Å². The van der Waals surface area contributed by atoms with Crippen molar-refractivity contribution in [2.24, 2.45) is 0 Å². The first-order valence-electron chi connectivity index (χ1n) is 2.71. The second-order valence-electron chi connectivity index (χ2n) is 1.78. The lowest BCUT2D eigenvalue weighted by molar-refractivity contribution is 0.823. The maximum Gasteiger partial charge on any atom is 0.177 e. The zero-order chi connectivity index (χ0) is 6.10. The Hall–Kier alpha value is -0.980. The topological polar surface area (TPSA) is 105 Å². The fourth-order valence-corrected chi connectivity index (χ4v) is 0.775. The van der Waals surface area contributed by atoms with Gasteiger partial charge in [0.1, 0.15) is 0 Å². The van der Waals surface area contributed by atoms with Crippen molar-refractivity contribution in [2.75, 3.05) is 0 Å². The highest BCUT2D eigenvalue weighted by Crippen LogP contribution is 2.01. The van der Waals surface area contributed by atoms with Crippen LogP contribution in [-0.4, -0.2) is 25.9 Å². The van der Waals surface area contributed by atoms with Gasteiger partial charge in [-0.25, -0.2) is 9.97 Å². The van der Waals surface area contributed by atoms with Gasteiger partial charge < -0.3 is 15.9 Å². The van der Waals surface area contributed by atoms with Crippen LogP contribution in [-0.2, 0) is 0 Å². The largest absolute Gasteiger partial charge is 0.412 e. The van der Waals surface area contributed by atoms with Crippen LogP contribution in [0.3, 0.4) is 0 Å². The van der Waals surface area contributed by atoms with Crippen LogP contribution in [0.1, 0.15) is 0 Å². The second kappa shape index (κ2) is 5.64. The molecule has 5 nitrogen and oxygen atoms in total. The van der Waals surface area contributed by atoms with Gasteiger partial charge in [0, 0.05) is 6.20 Å². The molecule has 5 N–H and O–H groups in total. The molecule has 0 saturated carbocycles. The van der Waals surface area contributed by atoms with Crippen molar-refractivity contribution in [2.45, 2.75) is 0 Å². The Kier molecular flexibility index (Phi) is 6.39. The van der Waals surface area contributed by atoms with Crippen molar-refractivity contribution in [3.63, 3.8) is 0 Å². The summed E-state index contributed by atoms with van der Waals surface area (Å²) in [5.41, 5.74) is 1.76. The average Bonchev–Trinajstić information content (AvgIpc) is 2.33. The molecule has 0 aliphatic heterocycles. The van der Waals surface area contributed by atoms with Crippen molar-refractivity contribution in [1.29, 1.82) is 0 Å². The molecule has 0 bridgehead atoms. The Labute approximate surface area is 79.2 Å². The first-order chi connectivity index (χ1) is 4.47. The summed E-state index contributed by atoms with van der Waals surface area (Å²) in [4.78, 5) is 10.9. The number of aromatic nitrogens is 3. The molecule has 68 valence electrons. The molecule has 0 unspecified atom stereocenters. The van der Waals surface area contributed by atoms with Crippen molar-refractivity contribution in [1.82, 2.24) is 15.0 Å². The van der Waals surface area contributed by atoms with Crippen molar-refractivity contribution in [3.8, 4) is 0 Å². The molecule has 12 heavy (non-hydrogen) atoms. The van der Waals surface area contributed by atoms with Gasteiger partial charge in [-0.3, -0.25) is 0 Å². The predicted octanol–water partition coefficient (Wildman–Crippen LogP) is -0.114. The van der Waals surface area contributed by atoms with Gasteiger partial charge in [-0.1, -0.05) is 0 Å². The first kappa shape index (κ1) is 13.6. The van der Waals surface area contributed by atoms with Gasteiger partial charge in [0.25, 0.3) is 0 Å². The minimum atomic E-state index is 0. The van der Waals surface area contributed by atoms with Gasteiger partial charge in [-0.2, -0.15) is 0 Å². The normalized spacial score (nSPS) is 7.67. The maximum absolute atomic E-state index is 4.00. The van der Waals surface area contributed by atoms with Gasteiger partial charge >= 0.3 is 0 Å². The molecule has 6 heteroatoms. The van der Waals surface area contributed by atoms with Crippen LogP contribution in [0.4, 0.5) is 0 Å². The molecular formula is C6H10BrN3O2. The predicted molar refractivity (Wildman–Crippen MR) is 51.4 cm³/mol. The Morgan fingerprint density at radius 1 is 1.17 bits per heavy atom. The molecule has 0 aromatic carbocycles. The molecule has 0 radical (unpaired) electrons. The number of imidazole rings is 1. The third-order valence-corrected chi connectivity index (χ3v) is 1.19. The molecule has 0 spiro atoms. The minimum Gasteiger partial charge on any atom is -0.412 e. The average molecular weight is 236 g/mol. The number of nitrogens with zero attached hydrogens (tertiary/aromatic N) is 2. The first-order valence-corrected chi connectivity index (χ1v) is 2.71. The number of halogens is 1. The van der Waals surface area contributed by atoms with E-state index in [1.54, 1.807) is 12.5 Å². The van der Waals surface area contributed by atoms with Crippen LogP contribution in [0, 0.1) is 0 Å². The SMILES string of the molecule is Br.O.O.c1cnc2nc[nH]c2c1. The van der Waals surface area contributed by atoms with E-state index in [-0.39, 0.29) is 27.9 Å². The van der Waals surface area contributed by atoms with Crippen molar-refractivity contribution >= 4 is 28.1 Å². The van der Waals surface area contributed by atoms with E-state index in [1.165, 1.54) is 0 Å². The lowest BCUT2D eigenvalue weighted by atomic mass is 10.4.